The van der Waals surface area contributed by atoms with Crippen molar-refractivity contribution in [2.45, 2.75) is 0 Å². The van der Waals surface area contributed by atoms with Crippen molar-refractivity contribution < 1.29 is 14.3 Å². The van der Waals surface area contributed by atoms with Gasteiger partial charge in [0, 0.05) is 14.2 Å². The fraction of sp³-hybridized carbons (Fsp3) is 0.133. The summed E-state index contributed by atoms with van der Waals surface area (Å²) in [5.74, 6) is 1.24. The highest BCUT2D eigenvalue weighted by molar-refractivity contribution is 14.1. The monoisotopic (exact) mass is 507 g/mol. The molecule has 0 radical (unpaired) electrons. The Morgan fingerprint density at radius 3 is 2.48 bits per heavy atom. The predicted octanol–water partition coefficient (Wildman–Crippen LogP) is 3.90. The van der Waals surface area contributed by atoms with Gasteiger partial charge in [-0.25, -0.2) is 0 Å². The van der Waals surface area contributed by atoms with E-state index in [-0.39, 0.29) is 12.7 Å². The van der Waals surface area contributed by atoms with Crippen LogP contribution in [0.25, 0.3) is 0 Å². The van der Waals surface area contributed by atoms with Crippen LogP contribution in [0.15, 0.2) is 36.4 Å². The maximum absolute atomic E-state index is 12.7. The Morgan fingerprint density at radius 1 is 1.10 bits per heavy atom. The summed E-state index contributed by atoms with van der Waals surface area (Å²) in [7, 11) is 1.78. The van der Waals surface area contributed by atoms with E-state index in [2.05, 4.69) is 45.2 Å². The van der Waals surface area contributed by atoms with E-state index in [1.165, 1.54) is 0 Å². The van der Waals surface area contributed by atoms with E-state index in [1.807, 2.05) is 30.3 Å². The summed E-state index contributed by atoms with van der Waals surface area (Å²) in [5.41, 5.74) is 1.50. The molecule has 0 bridgehead atoms. The first-order valence-corrected chi connectivity index (χ1v) is 8.35. The molecule has 0 saturated carbocycles. The van der Waals surface area contributed by atoms with Gasteiger partial charge >= 0.3 is 0 Å². The summed E-state index contributed by atoms with van der Waals surface area (Å²) in [4.78, 5) is 14.4. The molecule has 0 atom stereocenters. The molecule has 1 aliphatic rings. The van der Waals surface area contributed by atoms with E-state index >= 15 is 0 Å². The first-order chi connectivity index (χ1) is 10.1. The van der Waals surface area contributed by atoms with Crippen molar-refractivity contribution in [3.05, 3.63) is 49.1 Å². The van der Waals surface area contributed by atoms with Gasteiger partial charge in [-0.15, -0.1) is 0 Å². The van der Waals surface area contributed by atoms with Crippen molar-refractivity contribution in [2.75, 3.05) is 18.7 Å². The molecule has 0 N–H and O–H groups in total. The van der Waals surface area contributed by atoms with Crippen LogP contribution in [-0.4, -0.2) is 19.7 Å². The fourth-order valence-corrected chi connectivity index (χ4v) is 3.51. The zero-order valence-corrected chi connectivity index (χ0v) is 15.4. The molecule has 0 fully saturated rings. The molecule has 3 rings (SSSR count). The van der Waals surface area contributed by atoms with Crippen molar-refractivity contribution in [3.8, 4) is 11.5 Å². The standard InChI is InChI=1S/C15H11I2NO3/c1-18(12-5-3-2-4-10(12)16)15(19)9-6-13-14(7-11(9)17)21-8-20-13/h2-7H,8H2,1H3. The quantitative estimate of drug-likeness (QED) is 0.580. The van der Waals surface area contributed by atoms with Crippen LogP contribution in [0.1, 0.15) is 10.4 Å². The van der Waals surface area contributed by atoms with Crippen molar-refractivity contribution in [2.24, 2.45) is 0 Å². The Kier molecular flexibility index (Phi) is 4.25. The second kappa shape index (κ2) is 5.99. The number of fused-ring (bicyclic) bond motifs is 1. The van der Waals surface area contributed by atoms with Crippen molar-refractivity contribution in [1.29, 1.82) is 0 Å². The van der Waals surface area contributed by atoms with Crippen LogP contribution < -0.4 is 14.4 Å². The minimum absolute atomic E-state index is 0.0678. The molecule has 1 amide bonds. The van der Waals surface area contributed by atoms with Crippen LogP contribution >= 0.6 is 45.2 Å². The van der Waals surface area contributed by atoms with Crippen LogP contribution in [0.2, 0.25) is 0 Å². The van der Waals surface area contributed by atoms with E-state index in [9.17, 15) is 4.79 Å². The van der Waals surface area contributed by atoms with Crippen LogP contribution in [0.5, 0.6) is 11.5 Å². The van der Waals surface area contributed by atoms with Crippen LogP contribution in [-0.2, 0) is 0 Å². The molecule has 2 aromatic rings. The van der Waals surface area contributed by atoms with E-state index in [1.54, 1.807) is 18.0 Å². The number of hydrogen-bond donors (Lipinski definition) is 0. The molecule has 1 heterocycles. The summed E-state index contributed by atoms with van der Waals surface area (Å²) in [6.07, 6.45) is 0. The molecule has 0 aliphatic carbocycles. The molecule has 2 aromatic carbocycles. The number of nitrogens with zero attached hydrogens (tertiary/aromatic N) is 1. The summed E-state index contributed by atoms with van der Waals surface area (Å²) >= 11 is 4.37. The number of amides is 1. The lowest BCUT2D eigenvalue weighted by Crippen LogP contribution is -2.27. The van der Waals surface area contributed by atoms with Gasteiger partial charge in [0.2, 0.25) is 6.79 Å². The fourth-order valence-electron chi connectivity index (χ4n) is 2.09. The summed E-state index contributed by atoms with van der Waals surface area (Å²) in [5, 5.41) is 0. The molecule has 4 nitrogen and oxygen atoms in total. The highest BCUT2D eigenvalue weighted by Crippen LogP contribution is 2.36. The second-order valence-electron chi connectivity index (χ2n) is 4.50. The summed E-state index contributed by atoms with van der Waals surface area (Å²) < 4.78 is 12.6. The third kappa shape index (κ3) is 2.83. The zero-order chi connectivity index (χ0) is 15.0. The average Bonchev–Trinajstić information content (AvgIpc) is 2.92. The molecule has 1 aliphatic heterocycles. The molecule has 6 heteroatoms. The third-order valence-corrected chi connectivity index (χ3v) is 5.02. The lowest BCUT2D eigenvalue weighted by atomic mass is 10.1. The average molecular weight is 507 g/mol. The number of anilines is 1. The van der Waals surface area contributed by atoms with Crippen LogP contribution in [0.4, 0.5) is 5.69 Å². The number of benzene rings is 2. The minimum atomic E-state index is -0.0678. The first-order valence-electron chi connectivity index (χ1n) is 6.19. The van der Waals surface area contributed by atoms with Gasteiger partial charge in [-0.2, -0.15) is 0 Å². The normalized spacial score (nSPS) is 12.3. The molecule has 0 aromatic heterocycles. The first kappa shape index (κ1) is 14.9. The SMILES string of the molecule is CN(C(=O)c1cc2c(cc1I)OCO2)c1ccccc1I. The Labute approximate surface area is 149 Å². The molecule has 21 heavy (non-hydrogen) atoms. The number of rotatable bonds is 2. The van der Waals surface area contributed by atoms with Crippen molar-refractivity contribution >= 4 is 56.8 Å². The van der Waals surface area contributed by atoms with Gasteiger partial charge in [-0.1, -0.05) is 12.1 Å². The molecule has 108 valence electrons. The summed E-state index contributed by atoms with van der Waals surface area (Å²) in [6.45, 7) is 0.204. The lowest BCUT2D eigenvalue weighted by molar-refractivity contribution is 0.0991. The number of hydrogen-bond acceptors (Lipinski definition) is 3. The topological polar surface area (TPSA) is 38.8 Å². The minimum Gasteiger partial charge on any atom is -0.454 e. The Balaban J connectivity index is 1.97. The van der Waals surface area contributed by atoms with Gasteiger partial charge in [0.15, 0.2) is 11.5 Å². The van der Waals surface area contributed by atoms with Crippen LogP contribution in [0.3, 0.4) is 0 Å². The zero-order valence-electron chi connectivity index (χ0n) is 11.1. The number of carbonyl (C=O) groups is 1. The maximum Gasteiger partial charge on any atom is 0.259 e. The van der Waals surface area contributed by atoms with E-state index in [0.717, 1.165) is 12.8 Å². The lowest BCUT2D eigenvalue weighted by Gasteiger charge is -2.19. The highest BCUT2D eigenvalue weighted by Gasteiger charge is 2.23. The number of ether oxygens (including phenoxy) is 2. The Morgan fingerprint density at radius 2 is 1.76 bits per heavy atom. The largest absolute Gasteiger partial charge is 0.454 e. The van der Waals surface area contributed by atoms with E-state index in [4.69, 9.17) is 9.47 Å². The number of halogens is 2. The van der Waals surface area contributed by atoms with E-state index < -0.39 is 0 Å². The van der Waals surface area contributed by atoms with Gasteiger partial charge in [0.05, 0.1) is 11.3 Å². The molecular formula is C15H11I2NO3. The predicted molar refractivity (Wildman–Crippen MR) is 97.2 cm³/mol. The van der Waals surface area contributed by atoms with Crippen LogP contribution in [0, 0.1) is 7.14 Å². The third-order valence-electron chi connectivity index (χ3n) is 3.21. The Hall–Kier alpha value is -1.03. The maximum atomic E-state index is 12.7. The van der Waals surface area contributed by atoms with Gasteiger partial charge in [-0.05, 0) is 69.4 Å². The van der Waals surface area contributed by atoms with E-state index in [0.29, 0.717) is 17.1 Å². The second-order valence-corrected chi connectivity index (χ2v) is 6.83. The van der Waals surface area contributed by atoms with Gasteiger partial charge in [-0.3, -0.25) is 4.79 Å². The van der Waals surface area contributed by atoms with Crippen molar-refractivity contribution in [3.63, 3.8) is 0 Å². The van der Waals surface area contributed by atoms with Gasteiger partial charge in [0.1, 0.15) is 0 Å². The van der Waals surface area contributed by atoms with Gasteiger partial charge < -0.3 is 14.4 Å². The molecule has 0 spiro atoms. The number of para-hydroxylation sites is 1. The smallest absolute Gasteiger partial charge is 0.259 e. The van der Waals surface area contributed by atoms with Crippen molar-refractivity contribution in [1.82, 2.24) is 0 Å². The molecular weight excluding hydrogens is 496 g/mol. The highest BCUT2D eigenvalue weighted by atomic mass is 127. The molecule has 0 saturated heterocycles. The molecule has 0 unspecified atom stereocenters. The van der Waals surface area contributed by atoms with Gasteiger partial charge in [0.25, 0.3) is 5.91 Å². The summed E-state index contributed by atoms with van der Waals surface area (Å²) in [6, 6.07) is 11.4. The number of carbonyl (C=O) groups excluding carboxylic acids is 1. The Bertz CT molecular complexity index is 718.